The summed E-state index contributed by atoms with van der Waals surface area (Å²) in [5, 5.41) is 3.57. The molecule has 92 valence electrons. The van der Waals surface area contributed by atoms with E-state index in [1.54, 1.807) is 7.11 Å². The van der Waals surface area contributed by atoms with Gasteiger partial charge in [0.2, 0.25) is 0 Å². The summed E-state index contributed by atoms with van der Waals surface area (Å²) in [5.74, 6) is 0.929. The number of methoxy groups -OCH3 is 1. The molecule has 0 bridgehead atoms. The predicted molar refractivity (Wildman–Crippen MR) is 66.4 cm³/mol. The summed E-state index contributed by atoms with van der Waals surface area (Å²) in [6.07, 6.45) is 3.78. The van der Waals surface area contributed by atoms with Crippen molar-refractivity contribution in [1.29, 1.82) is 0 Å². The molecule has 17 heavy (non-hydrogen) atoms. The van der Waals surface area contributed by atoms with Crippen LogP contribution >= 0.6 is 0 Å². The molecule has 1 aliphatic carbocycles. The zero-order chi connectivity index (χ0) is 11.7. The highest BCUT2D eigenvalue weighted by molar-refractivity contribution is 5.39. The number of benzene rings is 1. The second kappa shape index (κ2) is 4.67. The first-order valence-corrected chi connectivity index (χ1v) is 6.40. The van der Waals surface area contributed by atoms with E-state index >= 15 is 0 Å². The Hall–Kier alpha value is -1.06. The Balaban J connectivity index is 2.00. The summed E-state index contributed by atoms with van der Waals surface area (Å²) >= 11 is 0. The van der Waals surface area contributed by atoms with E-state index < -0.39 is 0 Å². The van der Waals surface area contributed by atoms with Crippen molar-refractivity contribution in [1.82, 2.24) is 5.32 Å². The number of morpholine rings is 1. The first-order chi connectivity index (χ1) is 8.38. The van der Waals surface area contributed by atoms with Crippen LogP contribution in [0.4, 0.5) is 0 Å². The van der Waals surface area contributed by atoms with Crippen molar-refractivity contribution in [2.75, 3.05) is 20.3 Å². The third kappa shape index (κ3) is 2.05. The molecule has 2 aliphatic rings. The monoisotopic (exact) mass is 233 g/mol. The van der Waals surface area contributed by atoms with Crippen molar-refractivity contribution in [3.8, 4) is 5.75 Å². The number of hydrogen-bond donors (Lipinski definition) is 1. The van der Waals surface area contributed by atoms with Crippen molar-refractivity contribution in [2.45, 2.75) is 31.4 Å². The van der Waals surface area contributed by atoms with Crippen molar-refractivity contribution >= 4 is 0 Å². The standard InChI is InChI=1S/C14H19NO2/c1-16-11-6-5-10-3-2-4-13-14(12(10)9-11)17-8-7-15-13/h5-6,9,13-15H,2-4,7-8H2,1H3/t13-,14-/m1/s1. The zero-order valence-electron chi connectivity index (χ0n) is 10.2. The van der Waals surface area contributed by atoms with Crippen molar-refractivity contribution in [2.24, 2.45) is 0 Å². The third-order valence-electron chi connectivity index (χ3n) is 3.79. The molecule has 0 radical (unpaired) electrons. The fourth-order valence-corrected chi connectivity index (χ4v) is 2.92. The van der Waals surface area contributed by atoms with Crippen LogP contribution in [0.25, 0.3) is 0 Å². The minimum absolute atomic E-state index is 0.205. The summed E-state index contributed by atoms with van der Waals surface area (Å²) in [7, 11) is 1.72. The van der Waals surface area contributed by atoms with Gasteiger partial charge in [-0.25, -0.2) is 0 Å². The number of nitrogens with one attached hydrogen (secondary N) is 1. The normalized spacial score (nSPS) is 27.8. The maximum absolute atomic E-state index is 5.97. The molecule has 1 fully saturated rings. The molecular weight excluding hydrogens is 214 g/mol. The molecule has 1 aromatic carbocycles. The number of fused-ring (bicyclic) bond motifs is 3. The van der Waals surface area contributed by atoms with E-state index in [1.807, 2.05) is 0 Å². The summed E-state index contributed by atoms with van der Waals surface area (Å²) in [6, 6.07) is 6.85. The van der Waals surface area contributed by atoms with Crippen molar-refractivity contribution in [3.05, 3.63) is 29.3 Å². The second-order valence-electron chi connectivity index (χ2n) is 4.81. The molecule has 1 N–H and O–H groups in total. The van der Waals surface area contributed by atoms with Gasteiger partial charge in [0.25, 0.3) is 0 Å². The molecular formula is C14H19NO2. The van der Waals surface area contributed by atoms with E-state index in [2.05, 4.69) is 23.5 Å². The highest BCUT2D eigenvalue weighted by atomic mass is 16.5. The Morgan fingerprint density at radius 2 is 2.35 bits per heavy atom. The van der Waals surface area contributed by atoms with Crippen LogP contribution in [0.3, 0.4) is 0 Å². The van der Waals surface area contributed by atoms with Crippen LogP contribution in [0.1, 0.15) is 30.1 Å². The van der Waals surface area contributed by atoms with Gasteiger partial charge in [0.05, 0.1) is 19.8 Å². The molecule has 0 aromatic heterocycles. The van der Waals surface area contributed by atoms with E-state index in [0.717, 1.165) is 25.3 Å². The smallest absolute Gasteiger partial charge is 0.119 e. The lowest BCUT2D eigenvalue weighted by molar-refractivity contribution is -0.00654. The molecule has 0 saturated carbocycles. The largest absolute Gasteiger partial charge is 0.497 e. The predicted octanol–water partition coefficient (Wildman–Crippen LogP) is 2.06. The van der Waals surface area contributed by atoms with Crippen molar-refractivity contribution < 1.29 is 9.47 Å². The van der Waals surface area contributed by atoms with Gasteiger partial charge in [0.1, 0.15) is 5.75 Å². The highest BCUT2D eigenvalue weighted by Crippen LogP contribution is 2.35. The molecule has 1 aromatic rings. The van der Waals surface area contributed by atoms with E-state index in [1.165, 1.54) is 24.0 Å². The number of rotatable bonds is 1. The van der Waals surface area contributed by atoms with Crippen LogP contribution < -0.4 is 10.1 Å². The van der Waals surface area contributed by atoms with Crippen LogP contribution in [0.5, 0.6) is 5.75 Å². The molecule has 1 heterocycles. The highest BCUT2D eigenvalue weighted by Gasteiger charge is 2.30. The molecule has 3 heteroatoms. The summed E-state index contributed by atoms with van der Waals surface area (Å²) < 4.78 is 11.3. The van der Waals surface area contributed by atoms with Gasteiger partial charge in [-0.3, -0.25) is 0 Å². The third-order valence-corrected chi connectivity index (χ3v) is 3.79. The number of hydrogen-bond acceptors (Lipinski definition) is 3. The minimum atomic E-state index is 0.205. The quantitative estimate of drug-likeness (QED) is 0.805. The topological polar surface area (TPSA) is 30.5 Å². The van der Waals surface area contributed by atoms with Crippen LogP contribution in [0.15, 0.2) is 18.2 Å². The number of ether oxygens (including phenoxy) is 2. The summed E-state index contributed by atoms with van der Waals surface area (Å²) in [5.41, 5.74) is 2.74. The Morgan fingerprint density at radius 3 is 3.24 bits per heavy atom. The van der Waals surface area contributed by atoms with Crippen LogP contribution in [0, 0.1) is 0 Å². The molecule has 0 unspecified atom stereocenters. The summed E-state index contributed by atoms with van der Waals surface area (Å²) in [4.78, 5) is 0. The number of aryl methyl sites for hydroxylation is 1. The van der Waals surface area contributed by atoms with Crippen LogP contribution in [-0.4, -0.2) is 26.3 Å². The fourth-order valence-electron chi connectivity index (χ4n) is 2.92. The molecule has 1 aliphatic heterocycles. The van der Waals surface area contributed by atoms with Crippen LogP contribution in [-0.2, 0) is 11.2 Å². The Morgan fingerprint density at radius 1 is 1.41 bits per heavy atom. The lowest BCUT2D eigenvalue weighted by Gasteiger charge is -2.32. The molecule has 3 nitrogen and oxygen atoms in total. The van der Waals surface area contributed by atoms with Crippen molar-refractivity contribution in [3.63, 3.8) is 0 Å². The lowest BCUT2D eigenvalue weighted by Crippen LogP contribution is -2.43. The minimum Gasteiger partial charge on any atom is -0.497 e. The van der Waals surface area contributed by atoms with E-state index in [9.17, 15) is 0 Å². The first kappa shape index (κ1) is 11.1. The van der Waals surface area contributed by atoms with Gasteiger partial charge >= 0.3 is 0 Å². The van der Waals surface area contributed by atoms with Crippen LogP contribution in [0.2, 0.25) is 0 Å². The maximum Gasteiger partial charge on any atom is 0.119 e. The van der Waals surface area contributed by atoms with Gasteiger partial charge in [0, 0.05) is 12.6 Å². The fraction of sp³-hybridized carbons (Fsp3) is 0.571. The average Bonchev–Trinajstić information content (AvgIpc) is 2.57. The lowest BCUT2D eigenvalue weighted by atomic mass is 9.97. The Labute approximate surface area is 102 Å². The van der Waals surface area contributed by atoms with Gasteiger partial charge in [-0.1, -0.05) is 6.07 Å². The van der Waals surface area contributed by atoms with Gasteiger partial charge in [-0.2, -0.15) is 0 Å². The first-order valence-electron chi connectivity index (χ1n) is 6.40. The Bertz CT molecular complexity index is 405. The van der Waals surface area contributed by atoms with E-state index in [0.29, 0.717) is 6.04 Å². The van der Waals surface area contributed by atoms with E-state index in [4.69, 9.17) is 9.47 Å². The molecule has 0 spiro atoms. The summed E-state index contributed by atoms with van der Waals surface area (Å²) in [6.45, 7) is 1.78. The van der Waals surface area contributed by atoms with Gasteiger partial charge in [0.15, 0.2) is 0 Å². The molecule has 3 rings (SSSR count). The molecule has 0 amide bonds. The SMILES string of the molecule is COc1ccc2c(c1)[C@H]1OCCN[C@@H]1CCC2. The van der Waals surface area contributed by atoms with Gasteiger partial charge in [-0.15, -0.1) is 0 Å². The van der Waals surface area contributed by atoms with Gasteiger partial charge < -0.3 is 14.8 Å². The Kier molecular flexibility index (Phi) is 3.04. The zero-order valence-corrected chi connectivity index (χ0v) is 10.2. The second-order valence-corrected chi connectivity index (χ2v) is 4.81. The molecule has 1 saturated heterocycles. The molecule has 2 atom stereocenters. The maximum atomic E-state index is 5.97. The van der Waals surface area contributed by atoms with Gasteiger partial charge in [-0.05, 0) is 42.5 Å². The van der Waals surface area contributed by atoms with E-state index in [-0.39, 0.29) is 6.10 Å². The average molecular weight is 233 g/mol.